The number of ether oxygens (including phenoxy) is 1. The van der Waals surface area contributed by atoms with Crippen molar-refractivity contribution in [1.29, 1.82) is 0 Å². The van der Waals surface area contributed by atoms with Gasteiger partial charge >= 0.3 is 0 Å². The third kappa shape index (κ3) is 7.26. The van der Waals surface area contributed by atoms with Crippen LogP contribution in [0, 0.1) is 0 Å². The van der Waals surface area contributed by atoms with Gasteiger partial charge < -0.3 is 41.1 Å². The van der Waals surface area contributed by atoms with Gasteiger partial charge in [-0.25, -0.2) is 19.9 Å². The van der Waals surface area contributed by atoms with Crippen molar-refractivity contribution in [2.45, 2.75) is 70.7 Å². The molecule has 15 heteroatoms. The number of nitrogens with zero attached hydrogens (tertiary/aromatic N) is 8. The number of rotatable bonds is 7. The van der Waals surface area contributed by atoms with Crippen LogP contribution in [0.5, 0.6) is 11.5 Å². The average Bonchev–Trinajstić information content (AvgIpc) is 3.62. The topological polar surface area (TPSA) is 200 Å². The van der Waals surface area contributed by atoms with Crippen molar-refractivity contribution < 1.29 is 24.5 Å². The zero-order chi connectivity index (χ0) is 38.4. The van der Waals surface area contributed by atoms with Crippen LogP contribution in [0.3, 0.4) is 0 Å². The molecule has 55 heavy (non-hydrogen) atoms. The number of nitrogen functional groups attached to an aromatic ring is 1. The molecule has 4 aliphatic heterocycles. The number of anilines is 2. The molecule has 0 unspecified atom stereocenters. The maximum Gasteiger partial charge on any atom is 0.258 e. The third-order valence-electron chi connectivity index (χ3n) is 11.4. The van der Waals surface area contributed by atoms with Crippen LogP contribution in [-0.4, -0.2) is 108 Å². The number of nitrogens with two attached hydrogens (primary N) is 2. The number of fused-ring (bicyclic) bond motifs is 2. The van der Waals surface area contributed by atoms with Crippen molar-refractivity contribution in [3.8, 4) is 22.9 Å². The quantitative estimate of drug-likeness (QED) is 0.215. The van der Waals surface area contributed by atoms with E-state index in [1.165, 1.54) is 6.07 Å². The average molecular weight is 749 g/mol. The summed E-state index contributed by atoms with van der Waals surface area (Å²) in [5, 5.41) is 20.8. The van der Waals surface area contributed by atoms with E-state index in [-0.39, 0.29) is 40.7 Å². The lowest BCUT2D eigenvalue weighted by Gasteiger charge is -2.42. The van der Waals surface area contributed by atoms with Crippen LogP contribution in [0.15, 0.2) is 42.7 Å². The van der Waals surface area contributed by atoms with Crippen molar-refractivity contribution in [3.63, 3.8) is 0 Å². The molecule has 2 aromatic heterocycles. The first-order valence-electron chi connectivity index (χ1n) is 19.0. The fourth-order valence-corrected chi connectivity index (χ4v) is 8.19. The van der Waals surface area contributed by atoms with Crippen molar-refractivity contribution in [2.24, 2.45) is 5.73 Å². The Bertz CT molecular complexity index is 2110. The van der Waals surface area contributed by atoms with Gasteiger partial charge in [0.05, 0.1) is 42.1 Å². The lowest BCUT2D eigenvalue weighted by molar-refractivity contribution is -0.140. The zero-order valence-electron chi connectivity index (χ0n) is 31.4. The van der Waals surface area contributed by atoms with Gasteiger partial charge in [-0.3, -0.25) is 14.5 Å². The van der Waals surface area contributed by atoms with Gasteiger partial charge in [0.1, 0.15) is 17.3 Å². The molecular formula is C40H48N10O5. The molecule has 6 N–H and O–H groups in total. The number of benzene rings is 2. The van der Waals surface area contributed by atoms with E-state index >= 15 is 0 Å². The molecule has 0 saturated carbocycles. The Labute approximate surface area is 320 Å². The first kappa shape index (κ1) is 36.6. The smallest absolute Gasteiger partial charge is 0.258 e. The fraction of sp³-hybridized carbons (Fsp3) is 0.450. The van der Waals surface area contributed by atoms with Gasteiger partial charge in [0.2, 0.25) is 11.9 Å². The van der Waals surface area contributed by atoms with Gasteiger partial charge in [-0.15, -0.1) is 0 Å². The SMILES string of the molecule is CC(C)c1cc(C(=O)N2Cc3ccc(CN4CCC(N)(C(=O)N5CCc6c(nc(-c7cnc(N)nc7)nc6N6CCOCC6)C5)CC4)cc3C2)c(O)cc1O. The number of piperidine rings is 1. The highest BCUT2D eigenvalue weighted by Crippen LogP contribution is 2.36. The largest absolute Gasteiger partial charge is 0.508 e. The number of amides is 2. The first-order valence-corrected chi connectivity index (χ1v) is 19.0. The molecule has 0 spiro atoms. The summed E-state index contributed by atoms with van der Waals surface area (Å²) < 4.78 is 5.60. The Kier molecular flexibility index (Phi) is 9.78. The summed E-state index contributed by atoms with van der Waals surface area (Å²) in [6.45, 7) is 10.4. The van der Waals surface area contributed by atoms with E-state index in [9.17, 15) is 19.8 Å². The molecule has 8 rings (SSSR count). The molecule has 0 radical (unpaired) electrons. The summed E-state index contributed by atoms with van der Waals surface area (Å²) >= 11 is 0. The minimum Gasteiger partial charge on any atom is -0.508 e. The Morgan fingerprint density at radius 2 is 1.62 bits per heavy atom. The fourth-order valence-electron chi connectivity index (χ4n) is 8.19. The number of aromatic nitrogens is 4. The van der Waals surface area contributed by atoms with E-state index < -0.39 is 5.54 Å². The van der Waals surface area contributed by atoms with Gasteiger partial charge in [-0.05, 0) is 53.5 Å². The predicted molar refractivity (Wildman–Crippen MR) is 205 cm³/mol. The number of morpholine rings is 1. The number of phenolic OH excluding ortho intramolecular Hbond substituents is 2. The first-order chi connectivity index (χ1) is 26.5. The van der Waals surface area contributed by atoms with Crippen molar-refractivity contribution in [1.82, 2.24) is 34.6 Å². The molecule has 0 atom stereocenters. The number of carbonyl (C=O) groups excluding carboxylic acids is 2. The van der Waals surface area contributed by atoms with Crippen LogP contribution in [0.4, 0.5) is 11.8 Å². The number of phenols is 2. The lowest BCUT2D eigenvalue weighted by atomic mass is 9.86. The molecule has 4 aliphatic rings. The summed E-state index contributed by atoms with van der Waals surface area (Å²) in [6.07, 6.45) is 4.94. The van der Waals surface area contributed by atoms with E-state index in [0.717, 1.165) is 46.9 Å². The standard InChI is InChI=1S/C40H48N10O5/c1-24(2)30-16-31(34(52)17-33(30)51)37(53)50-21-26-4-3-25(15-27(26)22-50)20-47-9-6-40(42,7-10-47)38(54)49-8-5-29-32(23-49)45-35(28-18-43-39(41)44-19-28)46-36(29)48-11-13-55-14-12-48/h3-4,15-19,24,51-52H,5-14,20-23,42H2,1-2H3,(H2,41,43,44). The van der Waals surface area contributed by atoms with Gasteiger partial charge in [0.15, 0.2) is 5.82 Å². The van der Waals surface area contributed by atoms with Crippen LogP contribution < -0.4 is 16.4 Å². The molecule has 0 bridgehead atoms. The monoisotopic (exact) mass is 748 g/mol. The van der Waals surface area contributed by atoms with Gasteiger partial charge in [0.25, 0.3) is 5.91 Å². The van der Waals surface area contributed by atoms with E-state index in [1.54, 1.807) is 23.4 Å². The van der Waals surface area contributed by atoms with E-state index in [0.29, 0.717) is 95.2 Å². The van der Waals surface area contributed by atoms with Crippen molar-refractivity contribution in [2.75, 3.05) is 56.6 Å². The molecule has 6 heterocycles. The molecule has 0 aliphatic carbocycles. The number of likely N-dealkylation sites (tertiary alicyclic amines) is 1. The van der Waals surface area contributed by atoms with E-state index in [4.69, 9.17) is 26.2 Å². The second-order valence-corrected chi connectivity index (χ2v) is 15.5. The molecule has 288 valence electrons. The number of hydrogen-bond acceptors (Lipinski definition) is 13. The molecule has 2 fully saturated rings. The van der Waals surface area contributed by atoms with Crippen LogP contribution in [0.1, 0.15) is 76.5 Å². The predicted octanol–water partition coefficient (Wildman–Crippen LogP) is 2.92. The summed E-state index contributed by atoms with van der Waals surface area (Å²) in [4.78, 5) is 53.9. The summed E-state index contributed by atoms with van der Waals surface area (Å²) in [6, 6.07) is 9.17. The normalized spacial score (nSPS) is 18.4. The maximum absolute atomic E-state index is 14.2. The minimum absolute atomic E-state index is 0.000647. The summed E-state index contributed by atoms with van der Waals surface area (Å²) in [5.74, 6) is 0.978. The second kappa shape index (κ2) is 14.7. The van der Waals surface area contributed by atoms with Crippen molar-refractivity contribution >= 4 is 23.6 Å². The Morgan fingerprint density at radius 1 is 0.891 bits per heavy atom. The Balaban J connectivity index is 0.910. The highest BCUT2D eigenvalue weighted by Gasteiger charge is 2.42. The van der Waals surface area contributed by atoms with E-state index in [1.807, 2.05) is 18.7 Å². The lowest BCUT2D eigenvalue weighted by Crippen LogP contribution is -2.60. The summed E-state index contributed by atoms with van der Waals surface area (Å²) in [7, 11) is 0. The molecule has 2 saturated heterocycles. The minimum atomic E-state index is -0.976. The van der Waals surface area contributed by atoms with Gasteiger partial charge in [-0.2, -0.15) is 0 Å². The Hall–Kier alpha value is -5.38. The highest BCUT2D eigenvalue weighted by atomic mass is 16.5. The van der Waals surface area contributed by atoms with Crippen molar-refractivity contribution in [3.05, 3.63) is 81.8 Å². The summed E-state index contributed by atoms with van der Waals surface area (Å²) in [5.41, 5.74) is 18.3. The molecule has 15 nitrogen and oxygen atoms in total. The van der Waals surface area contributed by atoms with E-state index in [2.05, 4.69) is 38.0 Å². The van der Waals surface area contributed by atoms with Crippen LogP contribution in [0.2, 0.25) is 0 Å². The zero-order valence-corrected chi connectivity index (χ0v) is 31.4. The molecule has 2 amide bonds. The van der Waals surface area contributed by atoms with Crippen LogP contribution >= 0.6 is 0 Å². The van der Waals surface area contributed by atoms with Gasteiger partial charge in [0, 0.05) is 76.4 Å². The Morgan fingerprint density at radius 3 is 2.35 bits per heavy atom. The maximum atomic E-state index is 14.2. The number of carbonyl (C=O) groups is 2. The number of aromatic hydroxyl groups is 2. The van der Waals surface area contributed by atoms with Crippen LogP contribution in [0.25, 0.3) is 11.4 Å². The van der Waals surface area contributed by atoms with Gasteiger partial charge in [-0.1, -0.05) is 32.0 Å². The second-order valence-electron chi connectivity index (χ2n) is 15.5. The molecule has 2 aromatic carbocycles. The van der Waals surface area contributed by atoms with Crippen LogP contribution in [-0.2, 0) is 42.1 Å². The highest BCUT2D eigenvalue weighted by molar-refractivity contribution is 5.97. The molecule has 4 aromatic rings. The number of hydrogen-bond donors (Lipinski definition) is 4. The molecular weight excluding hydrogens is 701 g/mol. The third-order valence-corrected chi connectivity index (χ3v) is 11.4.